The third-order valence-electron chi connectivity index (χ3n) is 1.60. The van der Waals surface area contributed by atoms with E-state index in [1.807, 2.05) is 0 Å². The molecule has 0 fully saturated rings. The lowest BCUT2D eigenvalue weighted by molar-refractivity contribution is -0.139. The smallest absolute Gasteiger partial charge is 0.392 e. The number of ether oxygens (including phenoxy) is 1. The van der Waals surface area contributed by atoms with E-state index in [0.29, 0.717) is 5.56 Å². The van der Waals surface area contributed by atoms with Crippen molar-refractivity contribution in [1.29, 1.82) is 0 Å². The lowest BCUT2D eigenvalue weighted by Crippen LogP contribution is -2.13. The van der Waals surface area contributed by atoms with E-state index in [2.05, 4.69) is 9.97 Å². The van der Waals surface area contributed by atoms with Crippen LogP contribution in [0.3, 0.4) is 0 Å². The van der Waals surface area contributed by atoms with E-state index in [1.54, 1.807) is 6.92 Å². The monoisotopic (exact) mass is 240 g/mol. The van der Waals surface area contributed by atoms with Crippen molar-refractivity contribution in [3.63, 3.8) is 0 Å². The maximum Gasteiger partial charge on any atom is 0.392 e. The Labute approximate surface area is 89.2 Å². The van der Waals surface area contributed by atoms with Gasteiger partial charge in [-0.2, -0.15) is 13.2 Å². The molecule has 7 heteroatoms. The highest BCUT2D eigenvalue weighted by Gasteiger charge is 2.27. The second kappa shape index (κ2) is 4.65. The third kappa shape index (κ3) is 3.91. The van der Waals surface area contributed by atoms with Gasteiger partial charge in [0.25, 0.3) is 0 Å². The summed E-state index contributed by atoms with van der Waals surface area (Å²) < 4.78 is 40.2. The number of nitrogens with zero attached hydrogens (tertiary/aromatic N) is 2. The van der Waals surface area contributed by atoms with Crippen molar-refractivity contribution in [2.45, 2.75) is 19.5 Å². The van der Waals surface area contributed by atoms with Crippen molar-refractivity contribution in [2.75, 3.05) is 6.61 Å². The van der Waals surface area contributed by atoms with Gasteiger partial charge in [-0.15, -0.1) is 0 Å². The summed E-state index contributed by atoms with van der Waals surface area (Å²) >= 11 is 5.63. The summed E-state index contributed by atoms with van der Waals surface area (Å²) in [5.74, 6) is 0.0826. The number of hydrogen-bond acceptors (Lipinski definition) is 3. The van der Waals surface area contributed by atoms with Gasteiger partial charge in [0.05, 0.1) is 13.0 Å². The van der Waals surface area contributed by atoms with Gasteiger partial charge in [0.1, 0.15) is 11.5 Å². The standard InChI is InChI=1S/C8H8ClF3N2O/c1-5-6(9)13-4-14-7(5)15-3-2-8(10,11)12/h4H,2-3H2,1H3. The summed E-state index contributed by atoms with van der Waals surface area (Å²) in [7, 11) is 0. The summed E-state index contributed by atoms with van der Waals surface area (Å²) in [5, 5.41) is 0.173. The highest BCUT2D eigenvalue weighted by molar-refractivity contribution is 6.30. The molecule has 1 rings (SSSR count). The van der Waals surface area contributed by atoms with Crippen LogP contribution in [0.2, 0.25) is 5.15 Å². The van der Waals surface area contributed by atoms with E-state index in [1.165, 1.54) is 0 Å². The maximum absolute atomic E-state index is 11.8. The van der Waals surface area contributed by atoms with E-state index in [4.69, 9.17) is 16.3 Å². The molecule has 84 valence electrons. The van der Waals surface area contributed by atoms with Crippen LogP contribution in [0.1, 0.15) is 12.0 Å². The summed E-state index contributed by atoms with van der Waals surface area (Å²) in [6, 6.07) is 0. The van der Waals surface area contributed by atoms with Crippen LogP contribution in [0.25, 0.3) is 0 Å². The van der Waals surface area contributed by atoms with Crippen LogP contribution < -0.4 is 4.74 Å². The van der Waals surface area contributed by atoms with Crippen molar-refractivity contribution in [2.24, 2.45) is 0 Å². The van der Waals surface area contributed by atoms with Crippen LogP contribution in [-0.4, -0.2) is 22.8 Å². The molecule has 0 bridgehead atoms. The Kier molecular flexibility index (Phi) is 3.73. The van der Waals surface area contributed by atoms with Crippen molar-refractivity contribution in [3.8, 4) is 5.88 Å². The average Bonchev–Trinajstić information content (AvgIpc) is 2.10. The first kappa shape index (κ1) is 12.0. The molecule has 0 aliphatic carbocycles. The Morgan fingerprint density at radius 3 is 2.67 bits per heavy atom. The Balaban J connectivity index is 2.55. The first-order chi connectivity index (χ1) is 6.90. The molecule has 0 atom stereocenters. The molecule has 1 aromatic heterocycles. The van der Waals surface area contributed by atoms with E-state index < -0.39 is 19.2 Å². The number of alkyl halides is 3. The molecular weight excluding hydrogens is 233 g/mol. The van der Waals surface area contributed by atoms with Gasteiger partial charge in [0.15, 0.2) is 0 Å². The second-order valence-electron chi connectivity index (χ2n) is 2.81. The van der Waals surface area contributed by atoms with Crippen LogP contribution >= 0.6 is 11.6 Å². The lowest BCUT2D eigenvalue weighted by atomic mass is 10.4. The van der Waals surface area contributed by atoms with Crippen LogP contribution in [-0.2, 0) is 0 Å². The summed E-state index contributed by atoms with van der Waals surface area (Å²) in [6.07, 6.45) is -4.11. The molecule has 0 radical (unpaired) electrons. The van der Waals surface area contributed by atoms with Crippen molar-refractivity contribution in [1.82, 2.24) is 9.97 Å². The minimum absolute atomic E-state index is 0.0826. The van der Waals surface area contributed by atoms with Gasteiger partial charge >= 0.3 is 6.18 Å². The summed E-state index contributed by atoms with van der Waals surface area (Å²) in [5.41, 5.74) is 0.432. The highest BCUT2D eigenvalue weighted by Crippen LogP contribution is 2.22. The number of rotatable bonds is 3. The van der Waals surface area contributed by atoms with E-state index >= 15 is 0 Å². The molecule has 3 nitrogen and oxygen atoms in total. The van der Waals surface area contributed by atoms with E-state index in [0.717, 1.165) is 6.33 Å². The molecule has 0 spiro atoms. The topological polar surface area (TPSA) is 35.0 Å². The van der Waals surface area contributed by atoms with Gasteiger partial charge in [-0.05, 0) is 6.92 Å². The van der Waals surface area contributed by atoms with Gasteiger partial charge in [0, 0.05) is 5.56 Å². The molecule has 0 aromatic carbocycles. The Morgan fingerprint density at radius 2 is 2.07 bits per heavy atom. The van der Waals surface area contributed by atoms with Crippen LogP contribution in [0.5, 0.6) is 5.88 Å². The highest BCUT2D eigenvalue weighted by atomic mass is 35.5. The molecule has 1 heterocycles. The zero-order valence-electron chi connectivity index (χ0n) is 7.81. The second-order valence-corrected chi connectivity index (χ2v) is 3.17. The zero-order chi connectivity index (χ0) is 11.5. The van der Waals surface area contributed by atoms with Gasteiger partial charge < -0.3 is 4.74 Å². The Bertz CT molecular complexity index is 343. The van der Waals surface area contributed by atoms with Gasteiger partial charge in [0.2, 0.25) is 5.88 Å². The largest absolute Gasteiger partial charge is 0.477 e. The Hall–Kier alpha value is -1.04. The first-order valence-electron chi connectivity index (χ1n) is 4.07. The van der Waals surface area contributed by atoms with Crippen molar-refractivity contribution in [3.05, 3.63) is 17.0 Å². The maximum atomic E-state index is 11.8. The van der Waals surface area contributed by atoms with Crippen molar-refractivity contribution < 1.29 is 17.9 Å². The van der Waals surface area contributed by atoms with Crippen LogP contribution in [0.15, 0.2) is 6.33 Å². The normalized spacial score (nSPS) is 11.5. The van der Waals surface area contributed by atoms with E-state index in [9.17, 15) is 13.2 Å². The van der Waals surface area contributed by atoms with Gasteiger partial charge in [-0.1, -0.05) is 11.6 Å². The molecular formula is C8H8ClF3N2O. The third-order valence-corrected chi connectivity index (χ3v) is 1.98. The van der Waals surface area contributed by atoms with Gasteiger partial charge in [-0.25, -0.2) is 9.97 Å². The molecule has 0 aliphatic rings. The number of halogens is 4. The van der Waals surface area contributed by atoms with Crippen LogP contribution in [0.4, 0.5) is 13.2 Å². The molecule has 0 unspecified atom stereocenters. The molecule has 0 amide bonds. The average molecular weight is 241 g/mol. The van der Waals surface area contributed by atoms with E-state index in [-0.39, 0.29) is 11.0 Å². The first-order valence-corrected chi connectivity index (χ1v) is 4.44. The predicted octanol–water partition coefficient (Wildman–Crippen LogP) is 2.77. The Morgan fingerprint density at radius 1 is 1.40 bits per heavy atom. The zero-order valence-corrected chi connectivity index (χ0v) is 8.56. The molecule has 0 aliphatic heterocycles. The summed E-state index contributed by atoms with van der Waals surface area (Å²) in [6.45, 7) is 1.10. The predicted molar refractivity (Wildman–Crippen MR) is 47.9 cm³/mol. The molecule has 1 aromatic rings. The number of hydrogen-bond donors (Lipinski definition) is 0. The fourth-order valence-electron chi connectivity index (χ4n) is 0.823. The van der Waals surface area contributed by atoms with Gasteiger partial charge in [-0.3, -0.25) is 0 Å². The fraction of sp³-hybridized carbons (Fsp3) is 0.500. The SMILES string of the molecule is Cc1c(Cl)ncnc1OCCC(F)(F)F. The van der Waals surface area contributed by atoms with Crippen molar-refractivity contribution >= 4 is 11.6 Å². The minimum Gasteiger partial charge on any atom is -0.477 e. The lowest BCUT2D eigenvalue weighted by Gasteiger charge is -2.09. The molecule has 0 saturated heterocycles. The fourth-order valence-corrected chi connectivity index (χ4v) is 0.947. The minimum atomic E-state index is -4.23. The molecule has 0 saturated carbocycles. The quantitative estimate of drug-likeness (QED) is 0.762. The summed E-state index contributed by atoms with van der Waals surface area (Å²) in [4.78, 5) is 7.32. The molecule has 15 heavy (non-hydrogen) atoms. The van der Waals surface area contributed by atoms with Crippen LogP contribution in [0, 0.1) is 6.92 Å². The number of aromatic nitrogens is 2. The molecule has 0 N–H and O–H groups in total.